The van der Waals surface area contributed by atoms with Gasteiger partial charge in [-0.05, 0) is 36.4 Å². The molecule has 2 nitrogen and oxygen atoms in total. The van der Waals surface area contributed by atoms with Gasteiger partial charge in [-0.25, -0.2) is 8.78 Å². The monoisotopic (exact) mass is 309 g/mol. The van der Waals surface area contributed by atoms with Crippen molar-refractivity contribution < 1.29 is 13.5 Å². The molecule has 5 heteroatoms. The SMILES string of the molecule is COCCNCc1c(F)cccc1Sc1ccc(F)cc1. The van der Waals surface area contributed by atoms with Gasteiger partial charge < -0.3 is 10.1 Å². The molecule has 0 bridgehead atoms. The molecule has 0 atom stereocenters. The molecule has 0 unspecified atom stereocenters. The Morgan fingerprint density at radius 3 is 2.57 bits per heavy atom. The molecular formula is C16H17F2NOS. The molecule has 0 aliphatic rings. The largest absolute Gasteiger partial charge is 0.383 e. The fourth-order valence-electron chi connectivity index (χ4n) is 1.82. The van der Waals surface area contributed by atoms with Crippen LogP contribution in [0.1, 0.15) is 5.56 Å². The highest BCUT2D eigenvalue weighted by Gasteiger charge is 2.09. The molecule has 112 valence electrons. The van der Waals surface area contributed by atoms with Gasteiger partial charge in [-0.1, -0.05) is 17.8 Å². The van der Waals surface area contributed by atoms with E-state index in [2.05, 4.69) is 5.32 Å². The molecule has 0 aliphatic heterocycles. The van der Waals surface area contributed by atoms with Crippen molar-refractivity contribution in [2.45, 2.75) is 16.3 Å². The summed E-state index contributed by atoms with van der Waals surface area (Å²) in [7, 11) is 1.63. The van der Waals surface area contributed by atoms with Crippen LogP contribution in [0.2, 0.25) is 0 Å². The molecule has 0 radical (unpaired) electrons. The molecule has 0 aromatic heterocycles. The lowest BCUT2D eigenvalue weighted by atomic mass is 10.2. The Hall–Kier alpha value is -1.43. The van der Waals surface area contributed by atoms with Crippen molar-refractivity contribution in [2.24, 2.45) is 0 Å². The van der Waals surface area contributed by atoms with Crippen molar-refractivity contribution in [3.05, 3.63) is 59.7 Å². The topological polar surface area (TPSA) is 21.3 Å². The molecule has 21 heavy (non-hydrogen) atoms. The third-order valence-corrected chi connectivity index (χ3v) is 4.01. The summed E-state index contributed by atoms with van der Waals surface area (Å²) >= 11 is 1.42. The number of rotatable bonds is 7. The van der Waals surface area contributed by atoms with E-state index < -0.39 is 0 Å². The molecule has 0 aliphatic carbocycles. The van der Waals surface area contributed by atoms with Crippen molar-refractivity contribution >= 4 is 11.8 Å². The summed E-state index contributed by atoms with van der Waals surface area (Å²) in [4.78, 5) is 1.70. The van der Waals surface area contributed by atoms with E-state index in [1.54, 1.807) is 25.3 Å². The second kappa shape index (κ2) is 8.12. The average Bonchev–Trinajstić information content (AvgIpc) is 2.48. The predicted octanol–water partition coefficient (Wildman–Crippen LogP) is 3.85. The smallest absolute Gasteiger partial charge is 0.128 e. The Bertz CT molecular complexity index is 575. The van der Waals surface area contributed by atoms with Crippen molar-refractivity contribution in [3.8, 4) is 0 Å². The second-order valence-corrected chi connectivity index (χ2v) is 5.56. The molecule has 2 aromatic rings. The number of benzene rings is 2. The summed E-state index contributed by atoms with van der Waals surface area (Å²) in [5.74, 6) is -0.521. The maximum atomic E-state index is 14.0. The van der Waals surface area contributed by atoms with Crippen LogP contribution >= 0.6 is 11.8 Å². The van der Waals surface area contributed by atoms with Gasteiger partial charge in [-0.2, -0.15) is 0 Å². The maximum Gasteiger partial charge on any atom is 0.128 e. The van der Waals surface area contributed by atoms with Gasteiger partial charge in [0.15, 0.2) is 0 Å². The van der Waals surface area contributed by atoms with E-state index in [4.69, 9.17) is 4.74 Å². The summed E-state index contributed by atoms with van der Waals surface area (Å²) in [6.07, 6.45) is 0. The van der Waals surface area contributed by atoms with Gasteiger partial charge in [0.1, 0.15) is 11.6 Å². The van der Waals surface area contributed by atoms with Crippen LogP contribution in [-0.4, -0.2) is 20.3 Å². The van der Waals surface area contributed by atoms with Crippen LogP contribution in [0.3, 0.4) is 0 Å². The quantitative estimate of drug-likeness (QED) is 0.785. The molecule has 0 spiro atoms. The van der Waals surface area contributed by atoms with E-state index in [0.29, 0.717) is 25.3 Å². The van der Waals surface area contributed by atoms with Crippen molar-refractivity contribution in [2.75, 3.05) is 20.3 Å². The lowest BCUT2D eigenvalue weighted by molar-refractivity contribution is 0.199. The van der Waals surface area contributed by atoms with Crippen LogP contribution in [0.4, 0.5) is 8.78 Å². The first-order valence-electron chi connectivity index (χ1n) is 6.61. The molecule has 0 saturated heterocycles. The van der Waals surface area contributed by atoms with Crippen LogP contribution in [-0.2, 0) is 11.3 Å². The fourth-order valence-corrected chi connectivity index (χ4v) is 2.79. The van der Waals surface area contributed by atoms with E-state index in [9.17, 15) is 8.78 Å². The molecular weight excluding hydrogens is 292 g/mol. The number of methoxy groups -OCH3 is 1. The van der Waals surface area contributed by atoms with Gasteiger partial charge in [-0.3, -0.25) is 0 Å². The van der Waals surface area contributed by atoms with Gasteiger partial charge in [0, 0.05) is 35.6 Å². The molecule has 0 saturated carbocycles. The Labute approximate surface area is 127 Å². The Morgan fingerprint density at radius 1 is 1.10 bits per heavy atom. The first-order chi connectivity index (χ1) is 10.2. The van der Waals surface area contributed by atoms with Crippen LogP contribution < -0.4 is 5.32 Å². The number of halogens is 2. The van der Waals surface area contributed by atoms with Gasteiger partial charge in [0.05, 0.1) is 6.61 Å². The highest BCUT2D eigenvalue weighted by molar-refractivity contribution is 7.99. The summed E-state index contributed by atoms with van der Waals surface area (Å²) < 4.78 is 31.8. The average molecular weight is 309 g/mol. The van der Waals surface area contributed by atoms with E-state index in [1.165, 1.54) is 30.0 Å². The molecule has 0 amide bonds. The molecule has 0 heterocycles. The predicted molar refractivity (Wildman–Crippen MR) is 80.5 cm³/mol. The zero-order chi connectivity index (χ0) is 15.1. The molecule has 0 fully saturated rings. The third kappa shape index (κ3) is 4.81. The van der Waals surface area contributed by atoms with Crippen LogP contribution in [0, 0.1) is 11.6 Å². The zero-order valence-electron chi connectivity index (χ0n) is 11.7. The number of hydrogen-bond donors (Lipinski definition) is 1. The lowest BCUT2D eigenvalue weighted by Crippen LogP contribution is -2.19. The second-order valence-electron chi connectivity index (χ2n) is 4.44. The Balaban J connectivity index is 2.11. The van der Waals surface area contributed by atoms with Crippen molar-refractivity contribution in [1.82, 2.24) is 5.32 Å². The molecule has 2 rings (SSSR count). The van der Waals surface area contributed by atoms with Crippen LogP contribution in [0.5, 0.6) is 0 Å². The number of ether oxygens (including phenoxy) is 1. The minimum absolute atomic E-state index is 0.243. The lowest BCUT2D eigenvalue weighted by Gasteiger charge is -2.11. The zero-order valence-corrected chi connectivity index (χ0v) is 12.6. The van der Waals surface area contributed by atoms with Crippen LogP contribution in [0.25, 0.3) is 0 Å². The minimum Gasteiger partial charge on any atom is -0.383 e. The fraction of sp³-hybridized carbons (Fsp3) is 0.250. The highest BCUT2D eigenvalue weighted by atomic mass is 32.2. The van der Waals surface area contributed by atoms with Gasteiger partial charge in [-0.15, -0.1) is 0 Å². The highest BCUT2D eigenvalue weighted by Crippen LogP contribution is 2.31. The Morgan fingerprint density at radius 2 is 1.86 bits per heavy atom. The first kappa shape index (κ1) is 15.9. The van der Waals surface area contributed by atoms with Gasteiger partial charge >= 0.3 is 0 Å². The van der Waals surface area contributed by atoms with Gasteiger partial charge in [0.25, 0.3) is 0 Å². The third-order valence-electron chi connectivity index (χ3n) is 2.90. The standard InChI is InChI=1S/C16H17F2NOS/c1-20-10-9-19-11-14-15(18)3-2-4-16(14)21-13-7-5-12(17)6-8-13/h2-8,19H,9-11H2,1H3. The first-order valence-corrected chi connectivity index (χ1v) is 7.43. The van der Waals surface area contributed by atoms with Crippen molar-refractivity contribution in [1.29, 1.82) is 0 Å². The molecule has 2 aromatic carbocycles. The van der Waals surface area contributed by atoms with E-state index in [-0.39, 0.29) is 11.6 Å². The normalized spacial score (nSPS) is 10.8. The summed E-state index contributed by atoms with van der Waals surface area (Å²) in [6.45, 7) is 1.67. The molecule has 1 N–H and O–H groups in total. The summed E-state index contributed by atoms with van der Waals surface area (Å²) in [6, 6.07) is 11.2. The minimum atomic E-state index is -0.278. The summed E-state index contributed by atoms with van der Waals surface area (Å²) in [5.41, 5.74) is 0.614. The Kier molecular flexibility index (Phi) is 6.17. The van der Waals surface area contributed by atoms with E-state index in [0.717, 1.165) is 9.79 Å². The van der Waals surface area contributed by atoms with E-state index in [1.807, 2.05) is 6.07 Å². The maximum absolute atomic E-state index is 14.0. The van der Waals surface area contributed by atoms with Crippen LogP contribution in [0.15, 0.2) is 52.3 Å². The van der Waals surface area contributed by atoms with Gasteiger partial charge in [0.2, 0.25) is 0 Å². The van der Waals surface area contributed by atoms with E-state index >= 15 is 0 Å². The van der Waals surface area contributed by atoms with Crippen molar-refractivity contribution in [3.63, 3.8) is 0 Å². The number of hydrogen-bond acceptors (Lipinski definition) is 3. The number of nitrogens with one attached hydrogen (secondary N) is 1. The summed E-state index contributed by atoms with van der Waals surface area (Å²) in [5, 5.41) is 3.14.